The summed E-state index contributed by atoms with van der Waals surface area (Å²) in [6.07, 6.45) is 3.09. The number of H-pyrrole nitrogens is 1. The van der Waals surface area contributed by atoms with E-state index in [4.69, 9.17) is 16.3 Å². The van der Waals surface area contributed by atoms with Gasteiger partial charge in [-0.25, -0.2) is 4.98 Å². The molecule has 4 rings (SSSR count). The fourth-order valence-electron chi connectivity index (χ4n) is 3.73. The third kappa shape index (κ3) is 4.89. The molecular weight excluding hydrogens is 424 g/mol. The number of ether oxygens (including phenoxy) is 1. The molecule has 0 spiro atoms. The number of nitrogens with zero attached hydrogens (tertiary/aromatic N) is 5. The van der Waals surface area contributed by atoms with Gasteiger partial charge in [-0.2, -0.15) is 5.21 Å². The van der Waals surface area contributed by atoms with Crippen molar-refractivity contribution in [1.82, 2.24) is 30.2 Å². The predicted octanol–water partition coefficient (Wildman–Crippen LogP) is 5.31. The fraction of sp³-hybridized carbons (Fsp3) is 0.333. The van der Waals surface area contributed by atoms with Crippen LogP contribution in [0.3, 0.4) is 0 Å². The smallest absolute Gasteiger partial charge is 0.205 e. The van der Waals surface area contributed by atoms with E-state index in [-0.39, 0.29) is 0 Å². The van der Waals surface area contributed by atoms with Crippen LogP contribution in [-0.2, 0) is 24.3 Å². The molecule has 2 aromatic heterocycles. The van der Waals surface area contributed by atoms with Crippen LogP contribution in [0.1, 0.15) is 43.8 Å². The minimum Gasteiger partial charge on any atom is -0.375 e. The van der Waals surface area contributed by atoms with Crippen molar-refractivity contribution in [2.45, 2.75) is 46.3 Å². The van der Waals surface area contributed by atoms with Crippen LogP contribution in [0.2, 0.25) is 5.15 Å². The Balaban J connectivity index is 1.61. The zero-order valence-electron chi connectivity index (χ0n) is 18.4. The van der Waals surface area contributed by atoms with Gasteiger partial charge in [0.2, 0.25) is 5.82 Å². The maximum atomic E-state index is 6.47. The number of tetrazole rings is 1. The Kier molecular flexibility index (Phi) is 7.29. The van der Waals surface area contributed by atoms with E-state index in [2.05, 4.69) is 67.4 Å². The topological polar surface area (TPSA) is 81.5 Å². The second-order valence-electron chi connectivity index (χ2n) is 7.57. The van der Waals surface area contributed by atoms with E-state index in [0.29, 0.717) is 30.7 Å². The van der Waals surface area contributed by atoms with Gasteiger partial charge in [0.1, 0.15) is 5.82 Å². The summed E-state index contributed by atoms with van der Waals surface area (Å²) < 4.78 is 7.86. The molecule has 0 saturated carbocycles. The van der Waals surface area contributed by atoms with E-state index in [0.717, 1.165) is 47.5 Å². The highest BCUT2D eigenvalue weighted by Gasteiger charge is 2.16. The first kappa shape index (κ1) is 22.2. The monoisotopic (exact) mass is 450 g/mol. The maximum absolute atomic E-state index is 6.47. The normalized spacial score (nSPS) is 11.2. The zero-order chi connectivity index (χ0) is 22.3. The molecule has 0 radical (unpaired) electrons. The molecule has 4 aromatic rings. The second kappa shape index (κ2) is 10.5. The molecule has 0 bridgehead atoms. The Hall–Kier alpha value is -3.03. The first-order chi connectivity index (χ1) is 15.7. The average Bonchev–Trinajstić information content (AvgIpc) is 3.45. The fourth-order valence-corrected chi connectivity index (χ4v) is 3.99. The predicted molar refractivity (Wildman–Crippen MR) is 125 cm³/mol. The highest BCUT2D eigenvalue weighted by Crippen LogP contribution is 2.30. The lowest BCUT2D eigenvalue weighted by molar-refractivity contribution is 0.129. The number of aryl methyl sites for hydroxylation is 1. The molecule has 0 aliphatic carbocycles. The van der Waals surface area contributed by atoms with Gasteiger partial charge in [-0.05, 0) is 35.2 Å². The van der Waals surface area contributed by atoms with Crippen LogP contribution in [0.15, 0.2) is 48.5 Å². The summed E-state index contributed by atoms with van der Waals surface area (Å²) in [6.45, 7) is 5.97. The number of hydrogen-bond donors (Lipinski definition) is 1. The zero-order valence-corrected chi connectivity index (χ0v) is 19.1. The van der Waals surface area contributed by atoms with Crippen LogP contribution in [-0.4, -0.2) is 36.8 Å². The third-order valence-corrected chi connectivity index (χ3v) is 5.72. The first-order valence-corrected chi connectivity index (χ1v) is 11.3. The molecule has 32 heavy (non-hydrogen) atoms. The molecular formula is C24H27ClN6O. The van der Waals surface area contributed by atoms with Crippen LogP contribution >= 0.6 is 11.6 Å². The van der Waals surface area contributed by atoms with Gasteiger partial charge in [0.15, 0.2) is 5.15 Å². The molecule has 1 N–H and O–H groups in total. The summed E-state index contributed by atoms with van der Waals surface area (Å²) in [6, 6.07) is 16.6. The lowest BCUT2D eigenvalue weighted by atomic mass is 9.98. The molecule has 7 nitrogen and oxygen atoms in total. The average molecular weight is 451 g/mol. The SMILES string of the molecule is CCCCc1nc(Cl)c(COCC)n1Cc1ccc(-c2ccccc2-c2nn[nH]n2)cc1. The number of benzene rings is 2. The van der Waals surface area contributed by atoms with Gasteiger partial charge in [0.05, 0.1) is 12.3 Å². The molecule has 2 heterocycles. The molecule has 0 aliphatic heterocycles. The summed E-state index contributed by atoms with van der Waals surface area (Å²) in [5.41, 5.74) is 5.21. The van der Waals surface area contributed by atoms with Gasteiger partial charge in [-0.1, -0.05) is 73.5 Å². The Morgan fingerprint density at radius 1 is 1.03 bits per heavy atom. The Morgan fingerprint density at radius 2 is 1.81 bits per heavy atom. The van der Waals surface area contributed by atoms with Gasteiger partial charge in [0.25, 0.3) is 0 Å². The lowest BCUT2D eigenvalue weighted by Crippen LogP contribution is -2.10. The number of halogens is 1. The Morgan fingerprint density at radius 3 is 2.50 bits per heavy atom. The molecule has 166 valence electrons. The number of hydrogen-bond acceptors (Lipinski definition) is 5. The Bertz CT molecular complexity index is 1140. The highest BCUT2D eigenvalue weighted by molar-refractivity contribution is 6.30. The number of aromatic nitrogens is 6. The number of nitrogens with one attached hydrogen (secondary N) is 1. The largest absolute Gasteiger partial charge is 0.375 e. The van der Waals surface area contributed by atoms with Gasteiger partial charge in [-0.3, -0.25) is 0 Å². The number of aromatic amines is 1. The van der Waals surface area contributed by atoms with Gasteiger partial charge < -0.3 is 9.30 Å². The molecule has 0 saturated heterocycles. The van der Waals surface area contributed by atoms with Crippen molar-refractivity contribution in [3.05, 3.63) is 70.8 Å². The summed E-state index contributed by atoms with van der Waals surface area (Å²) in [4.78, 5) is 4.63. The van der Waals surface area contributed by atoms with E-state index in [1.54, 1.807) is 0 Å². The standard InChI is InChI=1S/C24H27ClN6O/c1-3-5-10-22-26-23(25)21(16-32-4-2)31(22)15-17-11-13-18(14-12-17)19-8-6-7-9-20(19)24-27-29-30-28-24/h6-9,11-14H,3-5,10,15-16H2,1-2H3,(H,27,28,29,30). The van der Waals surface area contributed by atoms with Crippen molar-refractivity contribution in [3.63, 3.8) is 0 Å². The van der Waals surface area contributed by atoms with Crippen molar-refractivity contribution >= 4 is 11.6 Å². The van der Waals surface area contributed by atoms with Crippen LogP contribution in [0, 0.1) is 0 Å². The minimum atomic E-state index is 0.463. The molecule has 8 heteroatoms. The quantitative estimate of drug-likeness (QED) is 0.354. The summed E-state index contributed by atoms with van der Waals surface area (Å²) in [7, 11) is 0. The Labute approximate surface area is 192 Å². The van der Waals surface area contributed by atoms with E-state index in [1.165, 1.54) is 5.56 Å². The van der Waals surface area contributed by atoms with E-state index >= 15 is 0 Å². The molecule has 0 atom stereocenters. The molecule has 2 aromatic carbocycles. The van der Waals surface area contributed by atoms with Crippen molar-refractivity contribution in [1.29, 1.82) is 0 Å². The van der Waals surface area contributed by atoms with Crippen molar-refractivity contribution in [2.24, 2.45) is 0 Å². The summed E-state index contributed by atoms with van der Waals surface area (Å²) in [5, 5.41) is 15.0. The van der Waals surface area contributed by atoms with Crippen LogP contribution < -0.4 is 0 Å². The van der Waals surface area contributed by atoms with Gasteiger partial charge >= 0.3 is 0 Å². The number of rotatable bonds is 10. The van der Waals surface area contributed by atoms with Crippen LogP contribution in [0.25, 0.3) is 22.5 Å². The molecule has 0 aliphatic rings. The third-order valence-electron chi connectivity index (χ3n) is 5.42. The maximum Gasteiger partial charge on any atom is 0.205 e. The van der Waals surface area contributed by atoms with Crippen molar-refractivity contribution in [3.8, 4) is 22.5 Å². The molecule has 0 amide bonds. The molecule has 0 unspecified atom stereocenters. The van der Waals surface area contributed by atoms with E-state index < -0.39 is 0 Å². The van der Waals surface area contributed by atoms with E-state index in [1.807, 2.05) is 25.1 Å². The first-order valence-electron chi connectivity index (χ1n) is 10.9. The minimum absolute atomic E-state index is 0.463. The van der Waals surface area contributed by atoms with E-state index in [9.17, 15) is 0 Å². The van der Waals surface area contributed by atoms with Gasteiger partial charge in [0, 0.05) is 25.1 Å². The lowest BCUT2D eigenvalue weighted by Gasteiger charge is -2.13. The van der Waals surface area contributed by atoms with Crippen molar-refractivity contribution in [2.75, 3.05) is 6.61 Å². The van der Waals surface area contributed by atoms with Crippen LogP contribution in [0.5, 0.6) is 0 Å². The summed E-state index contributed by atoms with van der Waals surface area (Å²) >= 11 is 6.47. The highest BCUT2D eigenvalue weighted by atomic mass is 35.5. The number of imidazole rings is 1. The number of unbranched alkanes of at least 4 members (excludes halogenated alkanes) is 1. The van der Waals surface area contributed by atoms with Crippen molar-refractivity contribution < 1.29 is 4.74 Å². The molecule has 0 fully saturated rings. The van der Waals surface area contributed by atoms with Gasteiger partial charge in [-0.15, -0.1) is 10.2 Å². The summed E-state index contributed by atoms with van der Waals surface area (Å²) in [5.74, 6) is 1.59. The van der Waals surface area contributed by atoms with Crippen LogP contribution in [0.4, 0.5) is 0 Å². The second-order valence-corrected chi connectivity index (χ2v) is 7.93.